The average Bonchev–Trinajstić information content (AvgIpc) is 2.76. The third kappa shape index (κ3) is 2.65. The minimum absolute atomic E-state index is 0.0215. The molecular formula is C15H17O4P. The summed E-state index contributed by atoms with van der Waals surface area (Å²) in [5.41, 5.74) is 0.861. The fraction of sp³-hybridized carbons (Fsp3) is 0.333. The van der Waals surface area contributed by atoms with E-state index < -0.39 is 20.0 Å². The standard InChI is InChI=1S/C15H17O4P/c1-11-7-5-6-10-13(11)15-14(18-20(16,17)19-15)12-8-3-2-4-9-12/h2-11,13-15H,1H3,(H,16,17)/t11?,13?,14-,15-/m1/s1. The SMILES string of the molecule is CC1C=CC=CC1[C@H]1OP(=O)(O)O[C@@H]1c1ccccc1. The van der Waals surface area contributed by atoms with Gasteiger partial charge in [0.25, 0.3) is 0 Å². The molecule has 20 heavy (non-hydrogen) atoms. The van der Waals surface area contributed by atoms with Crippen LogP contribution in [0.25, 0.3) is 0 Å². The highest BCUT2D eigenvalue weighted by atomic mass is 31.2. The molecule has 106 valence electrons. The van der Waals surface area contributed by atoms with Gasteiger partial charge in [-0.3, -0.25) is 9.05 Å². The molecule has 1 saturated heterocycles. The molecule has 3 rings (SSSR count). The molecule has 1 heterocycles. The van der Waals surface area contributed by atoms with Gasteiger partial charge in [0.2, 0.25) is 0 Å². The van der Waals surface area contributed by atoms with Crippen molar-refractivity contribution in [3.63, 3.8) is 0 Å². The Balaban J connectivity index is 1.93. The lowest BCUT2D eigenvalue weighted by molar-refractivity contribution is 0.103. The maximum absolute atomic E-state index is 11.8. The molecular weight excluding hydrogens is 275 g/mol. The Morgan fingerprint density at radius 3 is 2.50 bits per heavy atom. The van der Waals surface area contributed by atoms with E-state index in [9.17, 15) is 9.46 Å². The molecule has 0 radical (unpaired) electrons. The van der Waals surface area contributed by atoms with Crippen LogP contribution in [-0.4, -0.2) is 11.0 Å². The van der Waals surface area contributed by atoms with Crippen LogP contribution in [0.4, 0.5) is 0 Å². The normalized spacial score (nSPS) is 40.1. The molecule has 0 aromatic heterocycles. The van der Waals surface area contributed by atoms with E-state index in [-0.39, 0.29) is 11.8 Å². The highest BCUT2D eigenvalue weighted by Crippen LogP contribution is 2.60. The van der Waals surface area contributed by atoms with Crippen LogP contribution in [0.5, 0.6) is 0 Å². The van der Waals surface area contributed by atoms with Crippen LogP contribution in [0.2, 0.25) is 0 Å². The summed E-state index contributed by atoms with van der Waals surface area (Å²) in [6, 6.07) is 9.45. The van der Waals surface area contributed by atoms with Crippen LogP contribution < -0.4 is 0 Å². The molecule has 0 bridgehead atoms. The lowest BCUT2D eigenvalue weighted by Crippen LogP contribution is -2.29. The zero-order valence-corrected chi connectivity index (χ0v) is 12.0. The van der Waals surface area contributed by atoms with Crippen molar-refractivity contribution in [3.8, 4) is 0 Å². The minimum atomic E-state index is -3.97. The van der Waals surface area contributed by atoms with E-state index in [1.165, 1.54) is 0 Å². The van der Waals surface area contributed by atoms with Crippen molar-refractivity contribution < 1.29 is 18.5 Å². The third-order valence-electron chi connectivity index (χ3n) is 3.77. The largest absolute Gasteiger partial charge is 0.473 e. The summed E-state index contributed by atoms with van der Waals surface area (Å²) in [5, 5.41) is 0. The minimum Gasteiger partial charge on any atom is -0.302 e. The topological polar surface area (TPSA) is 55.8 Å². The zero-order chi connectivity index (χ0) is 14.2. The van der Waals surface area contributed by atoms with Gasteiger partial charge in [0, 0.05) is 5.92 Å². The molecule has 1 aliphatic carbocycles. The Labute approximate surface area is 118 Å². The van der Waals surface area contributed by atoms with Crippen LogP contribution >= 0.6 is 7.82 Å². The van der Waals surface area contributed by atoms with Crippen molar-refractivity contribution in [2.45, 2.75) is 19.1 Å². The van der Waals surface area contributed by atoms with Gasteiger partial charge in [0.05, 0.1) is 0 Å². The van der Waals surface area contributed by atoms with Crippen molar-refractivity contribution in [2.75, 3.05) is 0 Å². The number of hydrogen-bond acceptors (Lipinski definition) is 3. The highest BCUT2D eigenvalue weighted by molar-refractivity contribution is 7.47. The van der Waals surface area contributed by atoms with Crippen molar-refractivity contribution in [1.82, 2.24) is 0 Å². The molecule has 5 atom stereocenters. The number of phosphoric acid groups is 1. The molecule has 0 spiro atoms. The highest BCUT2D eigenvalue weighted by Gasteiger charge is 2.48. The van der Waals surface area contributed by atoms with Gasteiger partial charge >= 0.3 is 7.82 Å². The quantitative estimate of drug-likeness (QED) is 0.846. The number of allylic oxidation sites excluding steroid dienone is 3. The molecule has 0 saturated carbocycles. The number of rotatable bonds is 2. The summed E-state index contributed by atoms with van der Waals surface area (Å²) in [5.74, 6) is 0.256. The molecule has 1 N–H and O–H groups in total. The fourth-order valence-corrected chi connectivity index (χ4v) is 3.88. The summed E-state index contributed by atoms with van der Waals surface area (Å²) in [6.45, 7) is 2.07. The Morgan fingerprint density at radius 2 is 1.80 bits per heavy atom. The third-order valence-corrected chi connectivity index (χ3v) is 4.78. The van der Waals surface area contributed by atoms with E-state index in [1.807, 2.05) is 48.6 Å². The lowest BCUT2D eigenvalue weighted by Gasteiger charge is -2.28. The summed E-state index contributed by atoms with van der Waals surface area (Å²) >= 11 is 0. The van der Waals surface area contributed by atoms with E-state index in [0.717, 1.165) is 5.56 Å². The van der Waals surface area contributed by atoms with Crippen molar-refractivity contribution in [3.05, 3.63) is 60.2 Å². The van der Waals surface area contributed by atoms with Gasteiger partial charge in [-0.15, -0.1) is 0 Å². The van der Waals surface area contributed by atoms with Crippen LogP contribution in [0.15, 0.2) is 54.6 Å². The summed E-state index contributed by atoms with van der Waals surface area (Å²) in [7, 11) is -3.97. The Bertz CT molecular complexity index is 581. The predicted molar refractivity (Wildman–Crippen MR) is 75.9 cm³/mol. The molecule has 2 aliphatic rings. The smallest absolute Gasteiger partial charge is 0.302 e. The van der Waals surface area contributed by atoms with E-state index >= 15 is 0 Å². The molecule has 1 aromatic carbocycles. The van der Waals surface area contributed by atoms with Crippen molar-refractivity contribution in [2.24, 2.45) is 11.8 Å². The van der Waals surface area contributed by atoms with Crippen LogP contribution in [-0.2, 0) is 13.6 Å². The molecule has 0 amide bonds. The number of benzene rings is 1. The fourth-order valence-electron chi connectivity index (χ4n) is 2.75. The van der Waals surface area contributed by atoms with E-state index in [4.69, 9.17) is 9.05 Å². The maximum Gasteiger partial charge on any atom is 0.473 e. The monoisotopic (exact) mass is 292 g/mol. The van der Waals surface area contributed by atoms with Crippen LogP contribution in [0.3, 0.4) is 0 Å². The van der Waals surface area contributed by atoms with Gasteiger partial charge in [-0.2, -0.15) is 0 Å². The van der Waals surface area contributed by atoms with Crippen LogP contribution in [0, 0.1) is 11.8 Å². The second kappa shape index (κ2) is 5.30. The predicted octanol–water partition coefficient (Wildman–Crippen LogP) is 3.62. The van der Waals surface area contributed by atoms with Gasteiger partial charge in [-0.1, -0.05) is 61.6 Å². The second-order valence-electron chi connectivity index (χ2n) is 5.18. The number of phosphoric ester groups is 1. The molecule has 1 fully saturated rings. The Morgan fingerprint density at radius 1 is 1.10 bits per heavy atom. The first kappa shape index (κ1) is 13.8. The second-order valence-corrected chi connectivity index (χ2v) is 6.54. The zero-order valence-electron chi connectivity index (χ0n) is 11.1. The van der Waals surface area contributed by atoms with Gasteiger partial charge in [0.1, 0.15) is 12.2 Å². The van der Waals surface area contributed by atoms with Gasteiger partial charge < -0.3 is 4.89 Å². The summed E-state index contributed by atoms with van der Waals surface area (Å²) in [4.78, 5) is 9.68. The number of hydrogen-bond donors (Lipinski definition) is 1. The van der Waals surface area contributed by atoms with E-state index in [2.05, 4.69) is 13.0 Å². The Hall–Kier alpha value is -1.19. The molecule has 1 aliphatic heterocycles. The molecule has 5 heteroatoms. The lowest BCUT2D eigenvalue weighted by atomic mass is 9.82. The van der Waals surface area contributed by atoms with Gasteiger partial charge in [0.15, 0.2) is 0 Å². The van der Waals surface area contributed by atoms with Gasteiger partial charge in [-0.25, -0.2) is 4.57 Å². The molecule has 4 nitrogen and oxygen atoms in total. The summed E-state index contributed by atoms with van der Waals surface area (Å²) < 4.78 is 22.4. The first-order chi connectivity index (χ1) is 9.57. The maximum atomic E-state index is 11.8. The van der Waals surface area contributed by atoms with Crippen molar-refractivity contribution >= 4 is 7.82 Å². The van der Waals surface area contributed by atoms with Crippen molar-refractivity contribution in [1.29, 1.82) is 0 Å². The first-order valence-electron chi connectivity index (χ1n) is 6.66. The van der Waals surface area contributed by atoms with Crippen LogP contribution in [0.1, 0.15) is 18.6 Å². The van der Waals surface area contributed by atoms with E-state index in [0.29, 0.717) is 0 Å². The summed E-state index contributed by atoms with van der Waals surface area (Å²) in [6.07, 6.45) is 7.03. The first-order valence-corrected chi connectivity index (χ1v) is 8.16. The Kier molecular flexibility index (Phi) is 3.65. The molecule has 3 unspecified atom stereocenters. The molecule has 1 aromatic rings. The average molecular weight is 292 g/mol. The van der Waals surface area contributed by atoms with Gasteiger partial charge in [-0.05, 0) is 11.5 Å². The van der Waals surface area contributed by atoms with E-state index in [1.54, 1.807) is 0 Å².